The van der Waals surface area contributed by atoms with E-state index < -0.39 is 5.97 Å². The van der Waals surface area contributed by atoms with E-state index in [1.165, 1.54) is 19.3 Å². The highest BCUT2D eigenvalue weighted by Gasteiger charge is 1.80. The molecule has 1 N–H and O–H groups in total. The molecule has 0 aliphatic heterocycles. The standard InChI is InChI=1S/C5H11Cl.C3H6O2/c1-2-3-4-5-6;1-2-3(4)5/h2-5H2,1H3;2H2,1H3,(H,4,5). The topological polar surface area (TPSA) is 37.3 Å². The van der Waals surface area contributed by atoms with Crippen LogP contribution in [0.1, 0.15) is 39.5 Å². The summed E-state index contributed by atoms with van der Waals surface area (Å²) in [6, 6.07) is 0. The van der Waals surface area contributed by atoms with Crippen LogP contribution in [0.3, 0.4) is 0 Å². The van der Waals surface area contributed by atoms with Gasteiger partial charge in [-0.2, -0.15) is 0 Å². The molecule has 0 spiro atoms. The van der Waals surface area contributed by atoms with Gasteiger partial charge in [-0.1, -0.05) is 26.7 Å². The van der Waals surface area contributed by atoms with Gasteiger partial charge in [-0.15, -0.1) is 11.6 Å². The van der Waals surface area contributed by atoms with Crippen molar-refractivity contribution < 1.29 is 9.90 Å². The summed E-state index contributed by atoms with van der Waals surface area (Å²) in [6.07, 6.45) is 3.95. The number of hydrogen-bond acceptors (Lipinski definition) is 1. The Kier molecular flexibility index (Phi) is 15.1. The molecule has 0 rings (SSSR count). The van der Waals surface area contributed by atoms with Gasteiger partial charge in [0.25, 0.3) is 0 Å². The molecule has 0 aromatic carbocycles. The summed E-state index contributed by atoms with van der Waals surface area (Å²) in [5, 5.41) is 7.72. The lowest BCUT2D eigenvalue weighted by molar-refractivity contribution is -0.136. The van der Waals surface area contributed by atoms with Crippen LogP contribution in [0.4, 0.5) is 0 Å². The maximum atomic E-state index is 9.37. The monoisotopic (exact) mass is 180 g/mol. The first-order valence-electron chi connectivity index (χ1n) is 3.96. The summed E-state index contributed by atoms with van der Waals surface area (Å²) >= 11 is 5.38. The van der Waals surface area contributed by atoms with Crippen molar-refractivity contribution in [3.63, 3.8) is 0 Å². The van der Waals surface area contributed by atoms with Crippen LogP contribution in [0, 0.1) is 0 Å². The number of rotatable bonds is 4. The summed E-state index contributed by atoms with van der Waals surface area (Å²) in [6.45, 7) is 3.77. The highest BCUT2D eigenvalue weighted by molar-refractivity contribution is 6.17. The molecule has 0 unspecified atom stereocenters. The van der Waals surface area contributed by atoms with E-state index in [-0.39, 0.29) is 6.42 Å². The molecule has 11 heavy (non-hydrogen) atoms. The van der Waals surface area contributed by atoms with Crippen LogP contribution in [0.5, 0.6) is 0 Å². The average Bonchev–Trinajstić information content (AvgIpc) is 2.02. The molecule has 0 atom stereocenters. The molecule has 68 valence electrons. The van der Waals surface area contributed by atoms with Gasteiger partial charge in [-0.05, 0) is 6.42 Å². The molecular formula is C8H17ClO2. The van der Waals surface area contributed by atoms with Gasteiger partial charge in [0.1, 0.15) is 0 Å². The summed E-state index contributed by atoms with van der Waals surface area (Å²) in [7, 11) is 0. The number of carboxylic acid groups (broad SMARTS) is 1. The van der Waals surface area contributed by atoms with Gasteiger partial charge in [-0.25, -0.2) is 0 Å². The van der Waals surface area contributed by atoms with Crippen molar-refractivity contribution in [1.82, 2.24) is 0 Å². The number of aliphatic carboxylic acids is 1. The van der Waals surface area contributed by atoms with Gasteiger partial charge < -0.3 is 5.11 Å². The van der Waals surface area contributed by atoms with Gasteiger partial charge in [-0.3, -0.25) is 4.79 Å². The molecular weight excluding hydrogens is 164 g/mol. The van der Waals surface area contributed by atoms with Gasteiger partial charge in [0.2, 0.25) is 0 Å². The van der Waals surface area contributed by atoms with E-state index in [1.807, 2.05) is 0 Å². The van der Waals surface area contributed by atoms with Crippen LogP contribution >= 0.6 is 11.6 Å². The van der Waals surface area contributed by atoms with Crippen LogP contribution in [0.2, 0.25) is 0 Å². The van der Waals surface area contributed by atoms with Crippen molar-refractivity contribution in [2.45, 2.75) is 39.5 Å². The molecule has 0 aliphatic carbocycles. The summed E-state index contributed by atoms with van der Waals surface area (Å²) < 4.78 is 0. The second-order valence-corrected chi connectivity index (χ2v) is 2.52. The lowest BCUT2D eigenvalue weighted by atomic mass is 10.3. The predicted octanol–water partition coefficient (Wildman–Crippen LogP) is 2.90. The van der Waals surface area contributed by atoms with Gasteiger partial charge in [0, 0.05) is 12.3 Å². The van der Waals surface area contributed by atoms with Crippen molar-refractivity contribution in [2.75, 3.05) is 5.88 Å². The van der Waals surface area contributed by atoms with E-state index in [2.05, 4.69) is 6.92 Å². The Hall–Kier alpha value is -0.240. The first-order valence-corrected chi connectivity index (χ1v) is 4.50. The molecule has 0 aliphatic rings. The molecule has 3 heteroatoms. The lowest BCUT2D eigenvalue weighted by Crippen LogP contribution is -1.86. The molecule has 0 saturated heterocycles. The first kappa shape index (κ1) is 13.4. The number of carbonyl (C=O) groups is 1. The van der Waals surface area contributed by atoms with Crippen LogP contribution < -0.4 is 0 Å². The van der Waals surface area contributed by atoms with E-state index >= 15 is 0 Å². The molecule has 0 amide bonds. The van der Waals surface area contributed by atoms with Crippen LogP contribution in [0.25, 0.3) is 0 Å². The van der Waals surface area contributed by atoms with E-state index in [9.17, 15) is 4.79 Å². The molecule has 0 aromatic heterocycles. The fourth-order valence-electron chi connectivity index (χ4n) is 0.344. The number of hydrogen-bond donors (Lipinski definition) is 1. The van der Waals surface area contributed by atoms with Gasteiger partial charge in [0.15, 0.2) is 0 Å². The van der Waals surface area contributed by atoms with Gasteiger partial charge in [0.05, 0.1) is 0 Å². The molecule has 0 fully saturated rings. The van der Waals surface area contributed by atoms with Crippen LogP contribution in [-0.4, -0.2) is 17.0 Å². The fourth-order valence-corrected chi connectivity index (χ4v) is 0.533. The van der Waals surface area contributed by atoms with Crippen LogP contribution in [-0.2, 0) is 4.79 Å². The summed E-state index contributed by atoms with van der Waals surface area (Å²) in [5.74, 6) is 0.0819. The summed E-state index contributed by atoms with van der Waals surface area (Å²) in [5.41, 5.74) is 0. The van der Waals surface area contributed by atoms with Crippen molar-refractivity contribution >= 4 is 17.6 Å². The minimum absolute atomic E-state index is 0.222. The van der Waals surface area contributed by atoms with Gasteiger partial charge >= 0.3 is 5.97 Å². The average molecular weight is 181 g/mol. The zero-order valence-corrected chi connectivity index (χ0v) is 8.02. The first-order chi connectivity index (χ1) is 5.18. The number of alkyl halides is 1. The highest BCUT2D eigenvalue weighted by Crippen LogP contribution is 1.93. The second kappa shape index (κ2) is 12.4. The third-order valence-corrected chi connectivity index (χ3v) is 1.31. The van der Waals surface area contributed by atoms with E-state index in [0.717, 1.165) is 5.88 Å². The van der Waals surface area contributed by atoms with Crippen molar-refractivity contribution in [3.8, 4) is 0 Å². The maximum absolute atomic E-state index is 9.37. The third kappa shape index (κ3) is 25.9. The molecule has 0 saturated carbocycles. The minimum atomic E-state index is -0.745. The Morgan fingerprint density at radius 1 is 1.36 bits per heavy atom. The molecule has 0 radical (unpaired) electrons. The van der Waals surface area contributed by atoms with E-state index in [0.29, 0.717) is 0 Å². The number of unbranched alkanes of at least 4 members (excludes halogenated alkanes) is 2. The Morgan fingerprint density at radius 3 is 1.91 bits per heavy atom. The highest BCUT2D eigenvalue weighted by atomic mass is 35.5. The zero-order chi connectivity index (χ0) is 9.11. The van der Waals surface area contributed by atoms with Crippen molar-refractivity contribution in [1.29, 1.82) is 0 Å². The SMILES string of the molecule is CCC(=O)O.CCCCCCl. The molecule has 0 aromatic rings. The summed E-state index contributed by atoms with van der Waals surface area (Å²) in [4.78, 5) is 9.37. The fraction of sp³-hybridized carbons (Fsp3) is 0.875. The predicted molar refractivity (Wildman–Crippen MR) is 48.2 cm³/mol. The quantitative estimate of drug-likeness (QED) is 0.534. The van der Waals surface area contributed by atoms with E-state index in [4.69, 9.17) is 16.7 Å². The number of carboxylic acids is 1. The second-order valence-electron chi connectivity index (χ2n) is 2.14. The molecule has 0 bridgehead atoms. The maximum Gasteiger partial charge on any atom is 0.303 e. The van der Waals surface area contributed by atoms with Crippen molar-refractivity contribution in [2.24, 2.45) is 0 Å². The Morgan fingerprint density at radius 2 is 1.82 bits per heavy atom. The third-order valence-electron chi connectivity index (χ3n) is 1.04. The van der Waals surface area contributed by atoms with E-state index in [1.54, 1.807) is 6.92 Å². The van der Waals surface area contributed by atoms with Crippen LogP contribution in [0.15, 0.2) is 0 Å². The Bertz CT molecular complexity index is 80.2. The Balaban J connectivity index is 0. The molecule has 2 nitrogen and oxygen atoms in total. The minimum Gasteiger partial charge on any atom is -0.481 e. The number of halogens is 1. The Labute approximate surface area is 73.6 Å². The lowest BCUT2D eigenvalue weighted by Gasteiger charge is -1.84. The largest absolute Gasteiger partial charge is 0.481 e. The normalized spacial score (nSPS) is 8.27. The molecule has 0 heterocycles. The zero-order valence-electron chi connectivity index (χ0n) is 7.27. The van der Waals surface area contributed by atoms with Crippen molar-refractivity contribution in [3.05, 3.63) is 0 Å². The smallest absolute Gasteiger partial charge is 0.303 e.